The van der Waals surface area contributed by atoms with Crippen LogP contribution in [0.25, 0.3) is 0 Å². The minimum absolute atomic E-state index is 0.122. The van der Waals surface area contributed by atoms with E-state index in [0.717, 1.165) is 32.1 Å². The number of hydrogen-bond acceptors (Lipinski definition) is 2. The molecule has 0 aliphatic heterocycles. The topological polar surface area (TPSA) is 40.5 Å². The van der Waals surface area contributed by atoms with Gasteiger partial charge in [0.25, 0.3) is 0 Å². The second kappa shape index (κ2) is 4.63. The van der Waals surface area contributed by atoms with Crippen LogP contribution in [0.4, 0.5) is 0 Å². The van der Waals surface area contributed by atoms with E-state index in [1.807, 2.05) is 0 Å². The first-order valence-electron chi connectivity index (χ1n) is 4.70. The molecule has 1 aliphatic rings. The van der Waals surface area contributed by atoms with Gasteiger partial charge < -0.3 is 10.2 Å². The highest BCUT2D eigenvalue weighted by Crippen LogP contribution is 2.31. The Morgan fingerprint density at radius 3 is 2.33 bits per heavy atom. The molecule has 0 aromatic carbocycles. The molecule has 0 fully saturated rings. The molecule has 0 amide bonds. The zero-order chi connectivity index (χ0) is 8.86. The summed E-state index contributed by atoms with van der Waals surface area (Å²) in [5.41, 5.74) is -0.204. The van der Waals surface area contributed by atoms with Crippen molar-refractivity contribution >= 4 is 0 Å². The predicted octanol–water partition coefficient (Wildman–Crippen LogP) is 1.48. The fourth-order valence-electron chi connectivity index (χ4n) is 1.71. The molecule has 12 heavy (non-hydrogen) atoms. The Morgan fingerprint density at radius 1 is 1.00 bits per heavy atom. The van der Waals surface area contributed by atoms with E-state index < -0.39 is 0 Å². The van der Waals surface area contributed by atoms with Crippen molar-refractivity contribution in [1.29, 1.82) is 0 Å². The second-order valence-corrected chi connectivity index (χ2v) is 3.72. The summed E-state index contributed by atoms with van der Waals surface area (Å²) in [6.45, 7) is 0.245. The maximum absolute atomic E-state index is 9.17. The van der Waals surface area contributed by atoms with E-state index in [0.29, 0.717) is 0 Å². The third kappa shape index (κ3) is 2.32. The van der Waals surface area contributed by atoms with Crippen molar-refractivity contribution in [2.45, 2.75) is 32.1 Å². The third-order valence-corrected chi connectivity index (χ3v) is 2.76. The van der Waals surface area contributed by atoms with Gasteiger partial charge in [0.1, 0.15) is 0 Å². The van der Waals surface area contributed by atoms with Crippen LogP contribution in [0.15, 0.2) is 12.2 Å². The lowest BCUT2D eigenvalue weighted by atomic mass is 9.79. The normalized spacial score (nSPS) is 23.2. The molecular formula is C10H18O2. The Bertz CT molecular complexity index is 148. The van der Waals surface area contributed by atoms with Gasteiger partial charge in [-0.25, -0.2) is 0 Å². The number of allylic oxidation sites excluding steroid dienone is 2. The van der Waals surface area contributed by atoms with E-state index in [1.165, 1.54) is 0 Å². The summed E-state index contributed by atoms with van der Waals surface area (Å²) in [7, 11) is 0. The van der Waals surface area contributed by atoms with Crippen LogP contribution in [0.2, 0.25) is 0 Å². The fourth-order valence-corrected chi connectivity index (χ4v) is 1.71. The average Bonchev–Trinajstić information content (AvgIpc) is 2.06. The summed E-state index contributed by atoms with van der Waals surface area (Å²) in [5, 5.41) is 18.3. The molecule has 2 nitrogen and oxygen atoms in total. The number of hydrogen-bond donors (Lipinski definition) is 2. The van der Waals surface area contributed by atoms with Gasteiger partial charge in [-0.05, 0) is 32.1 Å². The first-order chi connectivity index (χ1) is 5.83. The Kier molecular flexibility index (Phi) is 3.76. The van der Waals surface area contributed by atoms with Crippen LogP contribution in [0.5, 0.6) is 0 Å². The van der Waals surface area contributed by atoms with Crippen molar-refractivity contribution in [1.82, 2.24) is 0 Å². The first-order valence-corrected chi connectivity index (χ1v) is 4.70. The predicted molar refractivity (Wildman–Crippen MR) is 48.8 cm³/mol. The standard InChI is InChI=1S/C10H18O2/c11-8-10(9-12)6-4-2-1-3-5-7-10/h1-2,11-12H,3-9H2. The molecule has 0 bridgehead atoms. The fraction of sp³-hybridized carbons (Fsp3) is 0.800. The van der Waals surface area contributed by atoms with Crippen LogP contribution < -0.4 is 0 Å². The summed E-state index contributed by atoms with van der Waals surface area (Å²) in [6.07, 6.45) is 9.36. The number of aliphatic hydroxyl groups is 2. The molecule has 0 atom stereocenters. The third-order valence-electron chi connectivity index (χ3n) is 2.76. The summed E-state index contributed by atoms with van der Waals surface area (Å²) < 4.78 is 0. The van der Waals surface area contributed by atoms with E-state index in [-0.39, 0.29) is 18.6 Å². The highest BCUT2D eigenvalue weighted by atomic mass is 16.3. The highest BCUT2D eigenvalue weighted by Gasteiger charge is 2.27. The van der Waals surface area contributed by atoms with E-state index in [1.54, 1.807) is 0 Å². The maximum Gasteiger partial charge on any atom is 0.0509 e. The summed E-state index contributed by atoms with van der Waals surface area (Å²) >= 11 is 0. The van der Waals surface area contributed by atoms with E-state index >= 15 is 0 Å². The van der Waals surface area contributed by atoms with Gasteiger partial charge in [0.15, 0.2) is 0 Å². The van der Waals surface area contributed by atoms with Crippen molar-refractivity contribution in [3.8, 4) is 0 Å². The van der Waals surface area contributed by atoms with Crippen LogP contribution in [0.1, 0.15) is 32.1 Å². The van der Waals surface area contributed by atoms with Gasteiger partial charge in [-0.3, -0.25) is 0 Å². The largest absolute Gasteiger partial charge is 0.396 e. The molecule has 0 unspecified atom stereocenters. The monoisotopic (exact) mass is 170 g/mol. The minimum Gasteiger partial charge on any atom is -0.396 e. The van der Waals surface area contributed by atoms with Crippen molar-refractivity contribution in [3.63, 3.8) is 0 Å². The summed E-state index contributed by atoms with van der Waals surface area (Å²) in [4.78, 5) is 0. The molecule has 2 N–H and O–H groups in total. The molecule has 1 aliphatic carbocycles. The van der Waals surface area contributed by atoms with Crippen LogP contribution in [0.3, 0.4) is 0 Å². The maximum atomic E-state index is 9.17. The lowest BCUT2D eigenvalue weighted by Gasteiger charge is -2.30. The van der Waals surface area contributed by atoms with E-state index in [4.69, 9.17) is 0 Å². The quantitative estimate of drug-likeness (QED) is 0.616. The van der Waals surface area contributed by atoms with Crippen molar-refractivity contribution in [3.05, 3.63) is 12.2 Å². The Labute approximate surface area is 73.9 Å². The van der Waals surface area contributed by atoms with Gasteiger partial charge in [0.05, 0.1) is 13.2 Å². The number of rotatable bonds is 2. The minimum atomic E-state index is -0.204. The first kappa shape index (κ1) is 9.75. The van der Waals surface area contributed by atoms with Gasteiger partial charge in [0, 0.05) is 5.41 Å². The number of aliphatic hydroxyl groups excluding tert-OH is 2. The van der Waals surface area contributed by atoms with E-state index in [2.05, 4.69) is 12.2 Å². The van der Waals surface area contributed by atoms with Crippen LogP contribution in [-0.2, 0) is 0 Å². The summed E-state index contributed by atoms with van der Waals surface area (Å²) in [6, 6.07) is 0. The van der Waals surface area contributed by atoms with Crippen molar-refractivity contribution in [2.75, 3.05) is 13.2 Å². The smallest absolute Gasteiger partial charge is 0.0509 e. The molecule has 0 saturated heterocycles. The zero-order valence-electron chi connectivity index (χ0n) is 7.50. The molecule has 70 valence electrons. The SMILES string of the molecule is OCC1(CO)CCC=CCCC1. The molecule has 2 heteroatoms. The second-order valence-electron chi connectivity index (χ2n) is 3.72. The molecule has 0 aromatic heterocycles. The molecular weight excluding hydrogens is 152 g/mol. The van der Waals surface area contributed by atoms with E-state index in [9.17, 15) is 10.2 Å². The molecule has 0 spiro atoms. The average molecular weight is 170 g/mol. The Balaban J connectivity index is 2.55. The van der Waals surface area contributed by atoms with Gasteiger partial charge in [-0.1, -0.05) is 12.2 Å². The molecule has 0 radical (unpaired) electrons. The van der Waals surface area contributed by atoms with Crippen molar-refractivity contribution < 1.29 is 10.2 Å². The lowest BCUT2D eigenvalue weighted by molar-refractivity contribution is 0.0383. The molecule has 1 rings (SSSR count). The van der Waals surface area contributed by atoms with Gasteiger partial charge in [-0.15, -0.1) is 0 Å². The highest BCUT2D eigenvalue weighted by molar-refractivity contribution is 4.90. The van der Waals surface area contributed by atoms with Crippen molar-refractivity contribution in [2.24, 2.45) is 5.41 Å². The summed E-state index contributed by atoms with van der Waals surface area (Å²) in [5.74, 6) is 0. The molecule has 0 heterocycles. The Hall–Kier alpha value is -0.340. The van der Waals surface area contributed by atoms with Gasteiger partial charge >= 0.3 is 0 Å². The van der Waals surface area contributed by atoms with Crippen LogP contribution >= 0.6 is 0 Å². The molecule has 0 aromatic rings. The lowest BCUT2D eigenvalue weighted by Crippen LogP contribution is -2.30. The van der Waals surface area contributed by atoms with Gasteiger partial charge in [0.2, 0.25) is 0 Å². The zero-order valence-corrected chi connectivity index (χ0v) is 7.50. The van der Waals surface area contributed by atoms with Gasteiger partial charge in [-0.2, -0.15) is 0 Å². The molecule has 0 saturated carbocycles. The Morgan fingerprint density at radius 2 is 1.67 bits per heavy atom. The van der Waals surface area contributed by atoms with Crippen LogP contribution in [0, 0.1) is 5.41 Å². The van der Waals surface area contributed by atoms with Crippen LogP contribution in [-0.4, -0.2) is 23.4 Å².